The maximum Gasteiger partial charge on any atom is 0.268 e. The number of carbonyl (C=O) groups excluding carboxylic acids is 1. The fraction of sp³-hybridized carbons (Fsp3) is 0.560. The van der Waals surface area contributed by atoms with Crippen molar-refractivity contribution in [1.29, 1.82) is 0 Å². The zero-order valence-electron chi connectivity index (χ0n) is 20.0. The number of benzene rings is 1. The summed E-state index contributed by atoms with van der Waals surface area (Å²) >= 11 is 6.12. The van der Waals surface area contributed by atoms with E-state index in [2.05, 4.69) is 28.0 Å². The lowest BCUT2D eigenvalue weighted by Gasteiger charge is -2.37. The van der Waals surface area contributed by atoms with Crippen molar-refractivity contribution in [3.63, 3.8) is 0 Å². The van der Waals surface area contributed by atoms with E-state index in [9.17, 15) is 9.59 Å². The van der Waals surface area contributed by atoms with Crippen molar-refractivity contribution in [2.75, 3.05) is 51.8 Å². The topological polar surface area (TPSA) is 70.9 Å². The van der Waals surface area contributed by atoms with Gasteiger partial charge in [-0.25, -0.2) is 4.68 Å². The first-order chi connectivity index (χ1) is 16.4. The minimum Gasteiger partial charge on any atom is -0.383 e. The van der Waals surface area contributed by atoms with Crippen LogP contribution in [0.5, 0.6) is 0 Å². The van der Waals surface area contributed by atoms with Crippen LogP contribution in [0.1, 0.15) is 24.8 Å². The number of anilines is 1. The molecule has 2 fully saturated rings. The fourth-order valence-corrected chi connectivity index (χ4v) is 5.19. The molecule has 8 nitrogen and oxygen atoms in total. The molecular formula is C25H34ClN5O3. The van der Waals surface area contributed by atoms with E-state index in [1.807, 2.05) is 23.1 Å². The largest absolute Gasteiger partial charge is 0.383 e. The molecule has 0 spiro atoms. The normalized spacial score (nSPS) is 19.2. The van der Waals surface area contributed by atoms with Gasteiger partial charge in [0.15, 0.2) is 0 Å². The Kier molecular flexibility index (Phi) is 8.24. The van der Waals surface area contributed by atoms with Gasteiger partial charge in [0.2, 0.25) is 5.91 Å². The molecule has 2 aliphatic rings. The summed E-state index contributed by atoms with van der Waals surface area (Å²) in [7, 11) is 3.75. The van der Waals surface area contributed by atoms with Crippen LogP contribution in [0, 0.1) is 5.92 Å². The van der Waals surface area contributed by atoms with Crippen molar-refractivity contribution in [3.05, 3.63) is 57.5 Å². The minimum atomic E-state index is -0.145. The predicted molar refractivity (Wildman–Crippen MR) is 133 cm³/mol. The minimum absolute atomic E-state index is 0.0309. The molecule has 1 amide bonds. The molecule has 0 aliphatic carbocycles. The average Bonchev–Trinajstić information content (AvgIpc) is 3.33. The highest BCUT2D eigenvalue weighted by atomic mass is 35.5. The second kappa shape index (κ2) is 11.3. The summed E-state index contributed by atoms with van der Waals surface area (Å²) < 4.78 is 6.42. The Balaban J connectivity index is 1.27. The number of piperidine rings is 1. The quantitative estimate of drug-likeness (QED) is 0.569. The molecule has 1 aromatic carbocycles. The van der Waals surface area contributed by atoms with Gasteiger partial charge in [0.05, 0.1) is 31.0 Å². The van der Waals surface area contributed by atoms with Gasteiger partial charge in [0, 0.05) is 57.0 Å². The molecule has 3 heterocycles. The van der Waals surface area contributed by atoms with Gasteiger partial charge in [-0.15, -0.1) is 0 Å². The lowest BCUT2D eigenvalue weighted by Crippen LogP contribution is -2.47. The third-order valence-electron chi connectivity index (χ3n) is 6.99. The number of hydrogen-bond donors (Lipinski definition) is 0. The molecule has 4 rings (SSSR count). The molecule has 0 bridgehead atoms. The number of carbonyl (C=O) groups is 1. The summed E-state index contributed by atoms with van der Waals surface area (Å²) in [6.07, 6.45) is 4.47. The summed E-state index contributed by atoms with van der Waals surface area (Å²) in [5.41, 5.74) is 1.85. The lowest BCUT2D eigenvalue weighted by molar-refractivity contribution is -0.136. The number of nitrogens with zero attached hydrogens (tertiary/aromatic N) is 5. The highest BCUT2D eigenvalue weighted by molar-refractivity contribution is 6.30. The molecule has 34 heavy (non-hydrogen) atoms. The van der Waals surface area contributed by atoms with Gasteiger partial charge in [0.1, 0.15) is 0 Å². The van der Waals surface area contributed by atoms with Gasteiger partial charge in [0.25, 0.3) is 5.56 Å². The number of hydrogen-bond acceptors (Lipinski definition) is 6. The van der Waals surface area contributed by atoms with E-state index in [0.717, 1.165) is 56.2 Å². The van der Waals surface area contributed by atoms with E-state index in [0.29, 0.717) is 25.7 Å². The second-order valence-electron chi connectivity index (χ2n) is 9.30. The first-order valence-corrected chi connectivity index (χ1v) is 12.4. The zero-order chi connectivity index (χ0) is 24.1. The highest BCUT2D eigenvalue weighted by Crippen LogP contribution is 2.26. The molecule has 184 valence electrons. The Morgan fingerprint density at radius 1 is 1.21 bits per heavy atom. The van der Waals surface area contributed by atoms with Crippen LogP contribution in [0.4, 0.5) is 5.69 Å². The van der Waals surface area contributed by atoms with E-state index in [1.165, 1.54) is 10.2 Å². The van der Waals surface area contributed by atoms with Gasteiger partial charge in [-0.3, -0.25) is 14.5 Å². The van der Waals surface area contributed by atoms with Gasteiger partial charge in [-0.2, -0.15) is 5.10 Å². The second-order valence-corrected chi connectivity index (χ2v) is 9.74. The monoisotopic (exact) mass is 487 g/mol. The maximum atomic E-state index is 13.2. The highest BCUT2D eigenvalue weighted by Gasteiger charge is 2.34. The molecule has 0 N–H and O–H groups in total. The lowest BCUT2D eigenvalue weighted by atomic mass is 10.00. The van der Waals surface area contributed by atoms with Crippen molar-refractivity contribution in [2.24, 2.45) is 5.92 Å². The molecule has 2 saturated heterocycles. The van der Waals surface area contributed by atoms with Crippen molar-refractivity contribution in [2.45, 2.75) is 38.4 Å². The Labute approximate surface area is 206 Å². The number of aromatic nitrogens is 2. The molecule has 1 aromatic heterocycles. The first kappa shape index (κ1) is 24.7. The molecule has 0 saturated carbocycles. The van der Waals surface area contributed by atoms with Gasteiger partial charge in [-0.05, 0) is 44.0 Å². The van der Waals surface area contributed by atoms with Crippen LogP contribution in [0.3, 0.4) is 0 Å². The third kappa shape index (κ3) is 5.98. The van der Waals surface area contributed by atoms with Crippen LogP contribution >= 0.6 is 11.6 Å². The van der Waals surface area contributed by atoms with E-state index < -0.39 is 0 Å². The van der Waals surface area contributed by atoms with Gasteiger partial charge >= 0.3 is 0 Å². The SMILES string of the molecule is COCCn1ncc(N2CCC(C(=O)N3CCC(N(C)Cc4cccc(Cl)c4)CC3)C2)cc1=O. The van der Waals surface area contributed by atoms with Crippen LogP contribution in [-0.2, 0) is 22.6 Å². The Morgan fingerprint density at radius 3 is 2.71 bits per heavy atom. The summed E-state index contributed by atoms with van der Waals surface area (Å²) in [5, 5.41) is 5.02. The number of rotatable bonds is 8. The van der Waals surface area contributed by atoms with Crippen molar-refractivity contribution in [3.8, 4) is 0 Å². The number of amides is 1. The molecular weight excluding hydrogens is 454 g/mol. The Bertz CT molecular complexity index is 1040. The Hall–Kier alpha value is -2.42. The van der Waals surface area contributed by atoms with Gasteiger partial charge in [-0.1, -0.05) is 23.7 Å². The molecule has 2 aliphatic heterocycles. The first-order valence-electron chi connectivity index (χ1n) is 12.0. The summed E-state index contributed by atoms with van der Waals surface area (Å²) in [5.74, 6) is 0.205. The number of ether oxygens (including phenoxy) is 1. The van der Waals surface area contributed by atoms with E-state index >= 15 is 0 Å². The van der Waals surface area contributed by atoms with Gasteiger partial charge < -0.3 is 14.5 Å². The van der Waals surface area contributed by atoms with Crippen LogP contribution in [0.25, 0.3) is 0 Å². The summed E-state index contributed by atoms with van der Waals surface area (Å²) in [4.78, 5) is 32.0. The van der Waals surface area contributed by atoms with E-state index in [-0.39, 0.29) is 17.4 Å². The van der Waals surface area contributed by atoms with Crippen LogP contribution in [0.2, 0.25) is 5.02 Å². The van der Waals surface area contributed by atoms with Crippen molar-refractivity contribution < 1.29 is 9.53 Å². The van der Waals surface area contributed by atoms with Crippen LogP contribution < -0.4 is 10.5 Å². The van der Waals surface area contributed by atoms with E-state index in [1.54, 1.807) is 19.4 Å². The summed E-state index contributed by atoms with van der Waals surface area (Å²) in [6, 6.07) is 10.1. The average molecular weight is 488 g/mol. The number of likely N-dealkylation sites (tertiary alicyclic amines) is 1. The fourth-order valence-electron chi connectivity index (χ4n) is 4.98. The van der Waals surface area contributed by atoms with E-state index in [4.69, 9.17) is 16.3 Å². The summed E-state index contributed by atoms with van der Waals surface area (Å²) in [6.45, 7) is 4.71. The smallest absolute Gasteiger partial charge is 0.268 e. The number of methoxy groups -OCH3 is 1. The molecule has 2 aromatic rings. The maximum absolute atomic E-state index is 13.2. The zero-order valence-corrected chi connectivity index (χ0v) is 20.8. The van der Waals surface area contributed by atoms with Crippen LogP contribution in [-0.4, -0.2) is 78.5 Å². The molecule has 0 radical (unpaired) electrons. The van der Waals surface area contributed by atoms with Crippen molar-refractivity contribution >= 4 is 23.2 Å². The standard InChI is InChI=1S/C25H34ClN5O3/c1-28(17-19-4-3-5-21(26)14-19)22-7-10-29(11-8-22)25(33)20-6-9-30(18-20)23-15-24(32)31(27-16-23)12-13-34-2/h3-5,14-16,20,22H,6-13,17-18H2,1-2H3. The molecule has 9 heteroatoms. The van der Waals surface area contributed by atoms with Crippen molar-refractivity contribution in [1.82, 2.24) is 19.6 Å². The third-order valence-corrected chi connectivity index (χ3v) is 7.22. The molecule has 1 atom stereocenters. The number of halogens is 1. The molecule has 1 unspecified atom stereocenters. The predicted octanol–water partition coefficient (Wildman–Crippen LogP) is 2.49. The Morgan fingerprint density at radius 2 is 2.00 bits per heavy atom. The van der Waals surface area contributed by atoms with Crippen LogP contribution in [0.15, 0.2) is 41.3 Å².